The molecule has 0 aliphatic heterocycles. The van der Waals surface area contributed by atoms with Crippen LogP contribution in [0.1, 0.15) is 12.5 Å². The predicted molar refractivity (Wildman–Crippen MR) is 55.8 cm³/mol. The van der Waals surface area contributed by atoms with Crippen LogP contribution in [0.25, 0.3) is 0 Å². The van der Waals surface area contributed by atoms with E-state index in [1.165, 1.54) is 12.5 Å². The second-order valence-corrected chi connectivity index (χ2v) is 2.91. The molecule has 0 saturated carbocycles. The van der Waals surface area contributed by atoms with E-state index in [-0.39, 0.29) is 6.29 Å². The number of aldehydes is 1. The number of rotatable bonds is 2. The minimum absolute atomic E-state index is 0.278. The number of carbonyl (C=O) groups is 2. The zero-order valence-corrected chi connectivity index (χ0v) is 8.95. The van der Waals surface area contributed by atoms with Crippen LogP contribution in [0.15, 0.2) is 30.3 Å². The van der Waals surface area contributed by atoms with Gasteiger partial charge in [-0.3, -0.25) is 9.59 Å². The van der Waals surface area contributed by atoms with Gasteiger partial charge in [-0.25, -0.2) is 0 Å². The molecule has 0 spiro atoms. The van der Waals surface area contributed by atoms with Gasteiger partial charge in [-0.1, -0.05) is 46.3 Å². The summed E-state index contributed by atoms with van der Waals surface area (Å²) < 4.78 is 0. The summed E-state index contributed by atoms with van der Waals surface area (Å²) in [5.74, 6) is -0.426. The minimum Gasteiger partial charge on any atom is -0.295 e. The topological polar surface area (TPSA) is 34.1 Å². The van der Waals surface area contributed by atoms with Crippen LogP contribution >= 0.6 is 15.9 Å². The van der Waals surface area contributed by atoms with E-state index in [9.17, 15) is 4.79 Å². The summed E-state index contributed by atoms with van der Waals surface area (Å²) in [7, 11) is 0. The van der Waals surface area contributed by atoms with E-state index in [1.54, 1.807) is 0 Å². The molecule has 0 heterocycles. The van der Waals surface area contributed by atoms with Gasteiger partial charge in [0.15, 0.2) is 12.1 Å². The molecular formula is C10H11BrO2. The summed E-state index contributed by atoms with van der Waals surface area (Å²) in [6.45, 7) is 1.22. The van der Waals surface area contributed by atoms with E-state index in [2.05, 4.69) is 28.1 Å². The molecule has 70 valence electrons. The van der Waals surface area contributed by atoms with E-state index in [1.807, 2.05) is 18.2 Å². The number of Topliss-reactive ketones (excluding diaryl/α,β-unsaturated/α-hetero) is 1. The summed E-state index contributed by atoms with van der Waals surface area (Å²) in [5, 5.41) is 0.952. The Bertz CT molecular complexity index is 257. The summed E-state index contributed by atoms with van der Waals surface area (Å²) in [5.41, 5.74) is 1.33. The second kappa shape index (κ2) is 7.68. The fourth-order valence-electron chi connectivity index (χ4n) is 0.567. The number of hydrogen-bond donors (Lipinski definition) is 0. The lowest BCUT2D eigenvalue weighted by Crippen LogP contribution is -1.85. The lowest BCUT2D eigenvalue weighted by Gasteiger charge is -1.88. The third-order valence-corrected chi connectivity index (χ3v) is 1.81. The predicted octanol–water partition coefficient (Wildman–Crippen LogP) is 2.36. The fraction of sp³-hybridized carbons (Fsp3) is 0.200. The van der Waals surface area contributed by atoms with Gasteiger partial charge in [0.1, 0.15) is 0 Å². The van der Waals surface area contributed by atoms with Crippen LogP contribution in [0.2, 0.25) is 0 Å². The SMILES string of the molecule is BrCc1ccccc1.CC(=O)C=O. The van der Waals surface area contributed by atoms with Crippen molar-refractivity contribution in [1.29, 1.82) is 0 Å². The number of carbonyl (C=O) groups excluding carboxylic acids is 2. The number of benzene rings is 1. The molecule has 2 nitrogen and oxygen atoms in total. The first-order valence-corrected chi connectivity index (χ1v) is 4.88. The van der Waals surface area contributed by atoms with E-state index in [0.29, 0.717) is 0 Å². The van der Waals surface area contributed by atoms with E-state index in [0.717, 1.165) is 5.33 Å². The van der Waals surface area contributed by atoms with Crippen molar-refractivity contribution < 1.29 is 9.59 Å². The number of halogens is 1. The number of alkyl halides is 1. The number of hydrogen-bond acceptors (Lipinski definition) is 2. The zero-order valence-electron chi connectivity index (χ0n) is 7.37. The highest BCUT2D eigenvalue weighted by Gasteiger charge is 1.81. The Balaban J connectivity index is 0.000000252. The molecule has 13 heavy (non-hydrogen) atoms. The first-order chi connectivity index (χ1) is 6.20. The molecule has 0 saturated heterocycles. The maximum atomic E-state index is 9.44. The Morgan fingerprint density at radius 3 is 2.08 bits per heavy atom. The zero-order chi connectivity index (χ0) is 10.1. The Labute approximate surface area is 86.1 Å². The Kier molecular flexibility index (Phi) is 7.11. The highest BCUT2D eigenvalue weighted by atomic mass is 79.9. The molecular weight excluding hydrogens is 232 g/mol. The van der Waals surface area contributed by atoms with Crippen molar-refractivity contribution >= 4 is 28.0 Å². The monoisotopic (exact) mass is 242 g/mol. The van der Waals surface area contributed by atoms with Crippen molar-refractivity contribution in [3.8, 4) is 0 Å². The molecule has 0 radical (unpaired) electrons. The van der Waals surface area contributed by atoms with Crippen LogP contribution in [0.5, 0.6) is 0 Å². The van der Waals surface area contributed by atoms with Gasteiger partial charge in [0, 0.05) is 12.3 Å². The summed E-state index contributed by atoms with van der Waals surface area (Å²) in [6.07, 6.45) is 0.278. The molecule has 1 rings (SSSR count). The lowest BCUT2D eigenvalue weighted by molar-refractivity contribution is -0.128. The van der Waals surface area contributed by atoms with Crippen LogP contribution in [0, 0.1) is 0 Å². The van der Waals surface area contributed by atoms with Crippen molar-refractivity contribution in [2.24, 2.45) is 0 Å². The largest absolute Gasteiger partial charge is 0.295 e. The van der Waals surface area contributed by atoms with E-state index in [4.69, 9.17) is 4.79 Å². The average molecular weight is 243 g/mol. The molecule has 0 unspecified atom stereocenters. The van der Waals surface area contributed by atoms with E-state index >= 15 is 0 Å². The van der Waals surface area contributed by atoms with Gasteiger partial charge in [0.05, 0.1) is 0 Å². The molecule has 1 aromatic rings. The molecule has 0 N–H and O–H groups in total. The van der Waals surface area contributed by atoms with Gasteiger partial charge in [0.25, 0.3) is 0 Å². The Morgan fingerprint density at radius 1 is 1.38 bits per heavy atom. The van der Waals surface area contributed by atoms with Crippen LogP contribution < -0.4 is 0 Å². The Hall–Kier alpha value is -0.960. The van der Waals surface area contributed by atoms with Crippen molar-refractivity contribution in [1.82, 2.24) is 0 Å². The van der Waals surface area contributed by atoms with Gasteiger partial charge < -0.3 is 0 Å². The van der Waals surface area contributed by atoms with E-state index < -0.39 is 5.78 Å². The van der Waals surface area contributed by atoms with Crippen LogP contribution in [-0.2, 0) is 14.9 Å². The molecule has 0 aromatic heterocycles. The second-order valence-electron chi connectivity index (χ2n) is 2.35. The van der Waals surface area contributed by atoms with Crippen LogP contribution in [-0.4, -0.2) is 12.1 Å². The van der Waals surface area contributed by atoms with Crippen LogP contribution in [0.3, 0.4) is 0 Å². The third-order valence-electron chi connectivity index (χ3n) is 1.16. The highest BCUT2D eigenvalue weighted by molar-refractivity contribution is 9.08. The van der Waals surface area contributed by atoms with Crippen molar-refractivity contribution in [2.75, 3.05) is 0 Å². The highest BCUT2D eigenvalue weighted by Crippen LogP contribution is 2.02. The van der Waals surface area contributed by atoms with Crippen molar-refractivity contribution in [3.63, 3.8) is 0 Å². The first kappa shape index (κ1) is 12.0. The van der Waals surface area contributed by atoms with Crippen molar-refractivity contribution in [3.05, 3.63) is 35.9 Å². The number of ketones is 1. The molecule has 0 amide bonds. The normalized spacial score (nSPS) is 8.15. The summed E-state index contributed by atoms with van der Waals surface area (Å²) >= 11 is 3.36. The minimum atomic E-state index is -0.426. The lowest BCUT2D eigenvalue weighted by atomic mass is 10.2. The third kappa shape index (κ3) is 7.40. The smallest absolute Gasteiger partial charge is 0.192 e. The van der Waals surface area contributed by atoms with Gasteiger partial charge in [0.2, 0.25) is 0 Å². The quantitative estimate of drug-likeness (QED) is 0.454. The molecule has 0 fully saturated rings. The Morgan fingerprint density at radius 2 is 1.85 bits per heavy atom. The molecule has 3 heteroatoms. The average Bonchev–Trinajstić information content (AvgIpc) is 2.20. The molecule has 0 aliphatic rings. The molecule has 0 atom stereocenters. The summed E-state index contributed by atoms with van der Waals surface area (Å²) in [6, 6.07) is 10.3. The summed E-state index contributed by atoms with van der Waals surface area (Å²) in [4.78, 5) is 18.6. The fourth-order valence-corrected chi connectivity index (χ4v) is 0.941. The molecule has 0 aliphatic carbocycles. The standard InChI is InChI=1S/C7H7Br.C3H4O2/c8-6-7-4-2-1-3-5-7;1-3(5)2-4/h1-5H,6H2;2H,1H3. The maximum Gasteiger partial charge on any atom is 0.192 e. The van der Waals surface area contributed by atoms with Gasteiger partial charge >= 0.3 is 0 Å². The van der Waals surface area contributed by atoms with Gasteiger partial charge in [-0.05, 0) is 5.56 Å². The van der Waals surface area contributed by atoms with Crippen molar-refractivity contribution in [2.45, 2.75) is 12.3 Å². The van der Waals surface area contributed by atoms with Crippen LogP contribution in [0.4, 0.5) is 0 Å². The first-order valence-electron chi connectivity index (χ1n) is 3.76. The maximum absolute atomic E-state index is 9.44. The molecule has 1 aromatic carbocycles. The molecule has 0 bridgehead atoms. The van der Waals surface area contributed by atoms with Gasteiger partial charge in [-0.2, -0.15) is 0 Å². The van der Waals surface area contributed by atoms with Gasteiger partial charge in [-0.15, -0.1) is 0 Å².